The number of aliphatic carboxylic acids is 1. The highest BCUT2D eigenvalue weighted by molar-refractivity contribution is 6.31. The number of fused-ring (bicyclic) bond motifs is 1. The average molecular weight is 309 g/mol. The van der Waals surface area contributed by atoms with Gasteiger partial charge in [-0.25, -0.2) is 4.98 Å². The number of halogens is 1. The Morgan fingerprint density at radius 1 is 1.33 bits per heavy atom. The van der Waals surface area contributed by atoms with Gasteiger partial charge >= 0.3 is 5.97 Å². The van der Waals surface area contributed by atoms with Gasteiger partial charge in [-0.15, -0.1) is 0 Å². The average Bonchev–Trinajstić information content (AvgIpc) is 2.76. The van der Waals surface area contributed by atoms with Crippen LogP contribution in [0.2, 0.25) is 5.02 Å². The summed E-state index contributed by atoms with van der Waals surface area (Å²) in [5.74, 6) is 0.205. The van der Waals surface area contributed by atoms with Crippen LogP contribution in [-0.4, -0.2) is 20.6 Å². The predicted octanol–water partition coefficient (Wildman–Crippen LogP) is 4.29. The largest absolute Gasteiger partial charge is 0.481 e. The highest BCUT2D eigenvalue weighted by atomic mass is 35.5. The molecular weight excluding hydrogens is 288 g/mol. The number of hydrogen-bond acceptors (Lipinski definition) is 2. The van der Waals surface area contributed by atoms with Crippen molar-refractivity contribution < 1.29 is 9.90 Å². The van der Waals surface area contributed by atoms with Crippen LogP contribution in [0.25, 0.3) is 11.0 Å². The molecule has 2 aromatic rings. The molecule has 1 N–H and O–H groups in total. The molecular formula is C16H21ClN2O2. The van der Waals surface area contributed by atoms with Crippen LogP contribution >= 0.6 is 11.6 Å². The minimum Gasteiger partial charge on any atom is -0.481 e. The first-order valence-corrected chi connectivity index (χ1v) is 7.86. The molecule has 1 aromatic carbocycles. The molecule has 0 fully saturated rings. The molecule has 0 bridgehead atoms. The van der Waals surface area contributed by atoms with Crippen LogP contribution in [0, 0.1) is 0 Å². The molecule has 0 amide bonds. The van der Waals surface area contributed by atoms with Crippen LogP contribution in [0.4, 0.5) is 0 Å². The van der Waals surface area contributed by atoms with E-state index in [1.54, 1.807) is 0 Å². The Hall–Kier alpha value is -1.55. The molecule has 0 aliphatic carbocycles. The van der Waals surface area contributed by atoms with Crippen molar-refractivity contribution in [3.05, 3.63) is 29.0 Å². The second-order valence-corrected chi connectivity index (χ2v) is 5.70. The number of rotatable bonds is 8. The third-order valence-electron chi connectivity index (χ3n) is 3.57. The smallest absolute Gasteiger partial charge is 0.303 e. The Balaban J connectivity index is 2.23. The van der Waals surface area contributed by atoms with Crippen molar-refractivity contribution >= 4 is 28.6 Å². The van der Waals surface area contributed by atoms with Crippen molar-refractivity contribution in [3.8, 4) is 0 Å². The van der Waals surface area contributed by atoms with Gasteiger partial charge in [0.1, 0.15) is 5.82 Å². The molecule has 1 aromatic heterocycles. The molecule has 21 heavy (non-hydrogen) atoms. The van der Waals surface area contributed by atoms with Gasteiger partial charge in [-0.05, 0) is 31.0 Å². The van der Waals surface area contributed by atoms with Crippen molar-refractivity contribution in [2.75, 3.05) is 0 Å². The molecule has 1 heterocycles. The maximum Gasteiger partial charge on any atom is 0.303 e. The number of carboxylic acids is 1. The number of carbonyl (C=O) groups is 1. The zero-order valence-corrected chi connectivity index (χ0v) is 13.1. The zero-order chi connectivity index (χ0) is 15.2. The minimum absolute atomic E-state index is 0.179. The molecule has 4 nitrogen and oxygen atoms in total. The van der Waals surface area contributed by atoms with E-state index in [1.807, 2.05) is 18.2 Å². The van der Waals surface area contributed by atoms with Gasteiger partial charge in [0.2, 0.25) is 0 Å². The quantitative estimate of drug-likeness (QED) is 0.740. The van der Waals surface area contributed by atoms with Crippen LogP contribution in [0.1, 0.15) is 44.9 Å². The lowest BCUT2D eigenvalue weighted by Gasteiger charge is -2.08. The molecule has 0 saturated carbocycles. The van der Waals surface area contributed by atoms with Crippen LogP contribution in [-0.2, 0) is 17.8 Å². The summed E-state index contributed by atoms with van der Waals surface area (Å²) < 4.78 is 2.21. The summed E-state index contributed by atoms with van der Waals surface area (Å²) in [6, 6.07) is 5.74. The second-order valence-electron chi connectivity index (χ2n) is 5.27. The summed E-state index contributed by atoms with van der Waals surface area (Å²) in [4.78, 5) is 15.3. The Bertz CT molecular complexity index is 622. The molecule has 0 atom stereocenters. The molecule has 0 spiro atoms. The van der Waals surface area contributed by atoms with E-state index in [2.05, 4.69) is 16.5 Å². The second kappa shape index (κ2) is 7.46. The highest BCUT2D eigenvalue weighted by Gasteiger charge is 2.11. The number of aryl methyl sites for hydroxylation is 2. The number of imidazole rings is 1. The number of carboxylic acid groups (broad SMARTS) is 1. The number of hydrogen-bond donors (Lipinski definition) is 1. The van der Waals surface area contributed by atoms with E-state index in [9.17, 15) is 4.79 Å². The van der Waals surface area contributed by atoms with Gasteiger partial charge in [-0.1, -0.05) is 31.4 Å². The summed E-state index contributed by atoms with van der Waals surface area (Å²) in [5.41, 5.74) is 1.98. The molecule has 0 saturated heterocycles. The summed E-state index contributed by atoms with van der Waals surface area (Å²) in [6.45, 7) is 3.11. The molecule has 0 aliphatic rings. The lowest BCUT2D eigenvalue weighted by molar-refractivity contribution is -0.137. The summed E-state index contributed by atoms with van der Waals surface area (Å²) in [7, 11) is 0. The van der Waals surface area contributed by atoms with Gasteiger partial charge in [0.15, 0.2) is 0 Å². The number of benzene rings is 1. The molecule has 5 heteroatoms. The topological polar surface area (TPSA) is 55.1 Å². The van der Waals surface area contributed by atoms with E-state index in [4.69, 9.17) is 16.7 Å². The maximum atomic E-state index is 10.7. The van der Waals surface area contributed by atoms with Crippen molar-refractivity contribution in [1.82, 2.24) is 9.55 Å². The third kappa shape index (κ3) is 4.21. The van der Waals surface area contributed by atoms with Gasteiger partial charge < -0.3 is 9.67 Å². The Morgan fingerprint density at radius 3 is 2.86 bits per heavy atom. The first-order valence-electron chi connectivity index (χ1n) is 7.48. The molecule has 0 radical (unpaired) electrons. The Kier molecular flexibility index (Phi) is 5.62. The minimum atomic E-state index is -0.758. The van der Waals surface area contributed by atoms with Crippen LogP contribution in [0.5, 0.6) is 0 Å². The fourth-order valence-corrected chi connectivity index (χ4v) is 2.68. The lowest BCUT2D eigenvalue weighted by Crippen LogP contribution is -2.05. The fourth-order valence-electron chi connectivity index (χ4n) is 2.51. The monoisotopic (exact) mass is 308 g/mol. The Morgan fingerprint density at radius 2 is 2.14 bits per heavy atom. The van der Waals surface area contributed by atoms with Crippen molar-refractivity contribution in [2.24, 2.45) is 0 Å². The van der Waals surface area contributed by atoms with E-state index in [0.717, 1.165) is 29.8 Å². The predicted molar refractivity (Wildman–Crippen MR) is 84.8 cm³/mol. The molecule has 0 unspecified atom stereocenters. The van der Waals surface area contributed by atoms with Gasteiger partial charge in [0.25, 0.3) is 0 Å². The van der Waals surface area contributed by atoms with Crippen LogP contribution < -0.4 is 0 Å². The SMILES string of the molecule is CCCCCn1c(CCCC(=O)O)nc2cc(Cl)ccc21. The van der Waals surface area contributed by atoms with Gasteiger partial charge in [0, 0.05) is 24.4 Å². The zero-order valence-electron chi connectivity index (χ0n) is 12.3. The maximum absolute atomic E-state index is 10.7. The van der Waals surface area contributed by atoms with Gasteiger partial charge in [-0.2, -0.15) is 0 Å². The standard InChI is InChI=1S/C16H21ClN2O2/c1-2-3-4-10-19-14-9-8-12(17)11-13(14)18-15(19)6-5-7-16(20)21/h8-9,11H,2-7,10H2,1H3,(H,20,21). The first kappa shape index (κ1) is 15.8. The van der Waals surface area contributed by atoms with Crippen molar-refractivity contribution in [3.63, 3.8) is 0 Å². The van der Waals surface area contributed by atoms with E-state index in [0.29, 0.717) is 17.9 Å². The van der Waals surface area contributed by atoms with E-state index < -0.39 is 5.97 Å². The number of aromatic nitrogens is 2. The molecule has 0 aliphatic heterocycles. The van der Waals surface area contributed by atoms with Crippen LogP contribution in [0.15, 0.2) is 18.2 Å². The van der Waals surface area contributed by atoms with Gasteiger partial charge in [0.05, 0.1) is 11.0 Å². The van der Waals surface area contributed by atoms with E-state index in [1.165, 1.54) is 12.8 Å². The Labute approximate surface area is 129 Å². The van der Waals surface area contributed by atoms with Crippen molar-refractivity contribution in [1.29, 1.82) is 0 Å². The highest BCUT2D eigenvalue weighted by Crippen LogP contribution is 2.22. The first-order chi connectivity index (χ1) is 10.1. The third-order valence-corrected chi connectivity index (χ3v) is 3.80. The number of nitrogens with zero attached hydrogens (tertiary/aromatic N) is 2. The fraction of sp³-hybridized carbons (Fsp3) is 0.500. The summed E-state index contributed by atoms with van der Waals surface area (Å²) in [6.07, 6.45) is 4.94. The van der Waals surface area contributed by atoms with E-state index >= 15 is 0 Å². The molecule has 2 rings (SSSR count). The number of unbranched alkanes of at least 4 members (excludes halogenated alkanes) is 2. The van der Waals surface area contributed by atoms with Gasteiger partial charge in [-0.3, -0.25) is 4.79 Å². The van der Waals surface area contributed by atoms with Crippen molar-refractivity contribution in [2.45, 2.75) is 52.0 Å². The normalized spacial score (nSPS) is 11.1. The summed E-state index contributed by atoms with van der Waals surface area (Å²) in [5, 5.41) is 9.44. The summed E-state index contributed by atoms with van der Waals surface area (Å²) >= 11 is 6.03. The van der Waals surface area contributed by atoms with Crippen LogP contribution in [0.3, 0.4) is 0 Å². The lowest BCUT2D eigenvalue weighted by atomic mass is 10.2. The van der Waals surface area contributed by atoms with E-state index in [-0.39, 0.29) is 6.42 Å². The molecule has 114 valence electrons.